The molecule has 0 heterocycles. The van der Waals surface area contributed by atoms with Crippen LogP contribution in [0.1, 0.15) is 13.8 Å². The molecule has 0 saturated heterocycles. The largest absolute Gasteiger partial charge is 0.383 e. The fourth-order valence-corrected chi connectivity index (χ4v) is 3.87. The van der Waals surface area contributed by atoms with Gasteiger partial charge in [0.1, 0.15) is 0 Å². The maximum atomic E-state index is 12.1. The average molecular weight is 322 g/mol. The van der Waals surface area contributed by atoms with Gasteiger partial charge in [-0.15, -0.1) is 0 Å². The minimum atomic E-state index is -3.55. The van der Waals surface area contributed by atoms with E-state index in [0.717, 1.165) is 0 Å². The zero-order valence-corrected chi connectivity index (χ0v) is 12.4. The number of halogens is 1. The minimum absolute atomic E-state index is 0.226. The molecule has 1 aromatic rings. The zero-order chi connectivity index (χ0) is 13.1. The van der Waals surface area contributed by atoms with E-state index in [4.69, 9.17) is 4.74 Å². The summed E-state index contributed by atoms with van der Waals surface area (Å²) >= 11 is 3.23. The average Bonchev–Trinajstić information content (AvgIpc) is 2.15. The van der Waals surface area contributed by atoms with Crippen molar-refractivity contribution in [3.8, 4) is 0 Å². The number of benzene rings is 1. The molecule has 4 nitrogen and oxygen atoms in total. The summed E-state index contributed by atoms with van der Waals surface area (Å²) in [6.07, 6.45) is 0. The van der Waals surface area contributed by atoms with Crippen LogP contribution in [0.4, 0.5) is 0 Å². The number of hydrogen-bond donors (Lipinski definition) is 1. The molecule has 0 amide bonds. The predicted molar refractivity (Wildman–Crippen MR) is 70.4 cm³/mol. The SMILES string of the molecule is COCC(C)(C)NS(=O)(=O)c1ccccc1Br. The number of sulfonamides is 1. The Kier molecular flexibility index (Phi) is 4.71. The Balaban J connectivity index is 3.02. The van der Waals surface area contributed by atoms with Crippen LogP contribution in [0, 0.1) is 0 Å². The normalized spacial score (nSPS) is 12.7. The fraction of sp³-hybridized carbons (Fsp3) is 0.455. The van der Waals surface area contributed by atoms with E-state index < -0.39 is 15.6 Å². The first-order valence-electron chi connectivity index (χ1n) is 5.06. The number of rotatable bonds is 5. The Morgan fingerprint density at radius 1 is 1.35 bits per heavy atom. The number of methoxy groups -OCH3 is 1. The zero-order valence-electron chi connectivity index (χ0n) is 10.0. The highest BCUT2D eigenvalue weighted by atomic mass is 79.9. The Labute approximate surface area is 111 Å². The molecule has 0 radical (unpaired) electrons. The third-order valence-corrected chi connectivity index (χ3v) is 4.75. The highest BCUT2D eigenvalue weighted by Crippen LogP contribution is 2.22. The molecule has 0 spiro atoms. The van der Waals surface area contributed by atoms with Crippen LogP contribution in [0.25, 0.3) is 0 Å². The Bertz CT molecular complexity index is 485. The first kappa shape index (κ1) is 14.6. The van der Waals surface area contributed by atoms with Gasteiger partial charge in [-0.2, -0.15) is 0 Å². The van der Waals surface area contributed by atoms with Gasteiger partial charge < -0.3 is 4.74 Å². The highest BCUT2D eigenvalue weighted by molar-refractivity contribution is 9.10. The molecule has 6 heteroatoms. The minimum Gasteiger partial charge on any atom is -0.383 e. The highest BCUT2D eigenvalue weighted by Gasteiger charge is 2.27. The van der Waals surface area contributed by atoms with Crippen molar-refractivity contribution in [2.24, 2.45) is 0 Å². The molecule has 0 fully saturated rings. The monoisotopic (exact) mass is 321 g/mol. The van der Waals surface area contributed by atoms with E-state index in [1.54, 1.807) is 38.1 Å². The molecule has 1 rings (SSSR count). The van der Waals surface area contributed by atoms with E-state index in [-0.39, 0.29) is 4.90 Å². The van der Waals surface area contributed by atoms with Gasteiger partial charge in [0.15, 0.2) is 0 Å². The van der Waals surface area contributed by atoms with Crippen molar-refractivity contribution in [1.82, 2.24) is 4.72 Å². The summed E-state index contributed by atoms with van der Waals surface area (Å²) in [5, 5.41) is 0. The quantitative estimate of drug-likeness (QED) is 0.904. The van der Waals surface area contributed by atoms with E-state index in [0.29, 0.717) is 11.1 Å². The fourth-order valence-electron chi connectivity index (χ4n) is 1.47. The second-order valence-corrected chi connectivity index (χ2v) is 6.86. The van der Waals surface area contributed by atoms with Crippen molar-refractivity contribution in [2.75, 3.05) is 13.7 Å². The van der Waals surface area contributed by atoms with Crippen molar-refractivity contribution in [1.29, 1.82) is 0 Å². The summed E-state index contributed by atoms with van der Waals surface area (Å²) in [6, 6.07) is 6.69. The van der Waals surface area contributed by atoms with Crippen LogP contribution >= 0.6 is 15.9 Å². The van der Waals surface area contributed by atoms with E-state index in [9.17, 15) is 8.42 Å². The van der Waals surface area contributed by atoms with Crippen LogP contribution in [0.15, 0.2) is 33.6 Å². The third-order valence-electron chi connectivity index (χ3n) is 2.04. The van der Waals surface area contributed by atoms with Gasteiger partial charge in [-0.1, -0.05) is 12.1 Å². The first-order chi connectivity index (χ1) is 7.78. The molecule has 96 valence electrons. The van der Waals surface area contributed by atoms with Gasteiger partial charge in [0.2, 0.25) is 10.0 Å². The van der Waals surface area contributed by atoms with Crippen LogP contribution in [0.2, 0.25) is 0 Å². The Hall–Kier alpha value is -0.430. The van der Waals surface area contributed by atoms with Gasteiger partial charge >= 0.3 is 0 Å². The molecule has 0 aromatic heterocycles. The molecular weight excluding hydrogens is 306 g/mol. The van der Waals surface area contributed by atoms with Gasteiger partial charge in [0.05, 0.1) is 17.0 Å². The maximum Gasteiger partial charge on any atom is 0.242 e. The van der Waals surface area contributed by atoms with Gasteiger partial charge in [0.25, 0.3) is 0 Å². The Morgan fingerprint density at radius 3 is 2.47 bits per heavy atom. The summed E-state index contributed by atoms with van der Waals surface area (Å²) < 4.78 is 32.4. The van der Waals surface area contributed by atoms with Gasteiger partial charge in [-0.05, 0) is 41.9 Å². The van der Waals surface area contributed by atoms with Crippen molar-refractivity contribution in [3.63, 3.8) is 0 Å². The van der Waals surface area contributed by atoms with E-state index in [1.807, 2.05) is 0 Å². The summed E-state index contributed by atoms with van der Waals surface area (Å²) in [5.74, 6) is 0. The molecule has 0 unspecified atom stereocenters. The van der Waals surface area contributed by atoms with Crippen LogP contribution in [-0.4, -0.2) is 27.7 Å². The summed E-state index contributed by atoms with van der Waals surface area (Å²) in [4.78, 5) is 0.226. The molecular formula is C11H16BrNO3S. The lowest BCUT2D eigenvalue weighted by Crippen LogP contribution is -2.46. The van der Waals surface area contributed by atoms with Gasteiger partial charge in [-0.3, -0.25) is 0 Å². The van der Waals surface area contributed by atoms with Crippen LogP contribution < -0.4 is 4.72 Å². The standard InChI is InChI=1S/C11H16BrNO3S/c1-11(2,8-16-3)13-17(14,15)10-7-5-4-6-9(10)12/h4-7,13H,8H2,1-3H3. The smallest absolute Gasteiger partial charge is 0.242 e. The molecule has 0 atom stereocenters. The summed E-state index contributed by atoms with van der Waals surface area (Å²) in [7, 11) is -2.01. The summed E-state index contributed by atoms with van der Waals surface area (Å²) in [6.45, 7) is 3.84. The molecule has 0 aliphatic heterocycles. The summed E-state index contributed by atoms with van der Waals surface area (Å²) in [5.41, 5.74) is -0.650. The molecule has 0 saturated carbocycles. The second kappa shape index (κ2) is 5.48. The van der Waals surface area contributed by atoms with Crippen LogP contribution in [0.3, 0.4) is 0 Å². The second-order valence-electron chi connectivity index (χ2n) is 4.35. The lowest BCUT2D eigenvalue weighted by atomic mass is 10.1. The van der Waals surface area contributed by atoms with Gasteiger partial charge in [0, 0.05) is 11.6 Å². The van der Waals surface area contributed by atoms with Crippen LogP contribution in [-0.2, 0) is 14.8 Å². The van der Waals surface area contributed by atoms with E-state index >= 15 is 0 Å². The number of hydrogen-bond acceptors (Lipinski definition) is 3. The van der Waals surface area contributed by atoms with Crippen molar-refractivity contribution >= 4 is 26.0 Å². The Morgan fingerprint density at radius 2 is 1.94 bits per heavy atom. The van der Waals surface area contributed by atoms with Gasteiger partial charge in [-0.25, -0.2) is 13.1 Å². The molecule has 1 aromatic carbocycles. The van der Waals surface area contributed by atoms with Crippen molar-refractivity contribution in [2.45, 2.75) is 24.3 Å². The number of ether oxygens (including phenoxy) is 1. The number of nitrogens with one attached hydrogen (secondary N) is 1. The maximum absolute atomic E-state index is 12.1. The molecule has 17 heavy (non-hydrogen) atoms. The topological polar surface area (TPSA) is 55.4 Å². The first-order valence-corrected chi connectivity index (χ1v) is 7.33. The van der Waals surface area contributed by atoms with Crippen LogP contribution in [0.5, 0.6) is 0 Å². The van der Waals surface area contributed by atoms with Crippen molar-refractivity contribution in [3.05, 3.63) is 28.7 Å². The molecule has 0 bridgehead atoms. The third kappa shape index (κ3) is 4.06. The molecule has 0 aliphatic rings. The predicted octanol–water partition coefficient (Wildman–Crippen LogP) is 2.15. The van der Waals surface area contributed by atoms with E-state index in [2.05, 4.69) is 20.7 Å². The lowest BCUT2D eigenvalue weighted by molar-refractivity contribution is 0.141. The molecule has 0 aliphatic carbocycles. The van der Waals surface area contributed by atoms with E-state index in [1.165, 1.54) is 7.11 Å². The van der Waals surface area contributed by atoms with Crippen molar-refractivity contribution < 1.29 is 13.2 Å². The lowest BCUT2D eigenvalue weighted by Gasteiger charge is -2.25. The molecule has 1 N–H and O–H groups in total.